The van der Waals surface area contributed by atoms with Gasteiger partial charge in [0.1, 0.15) is 17.6 Å². The van der Waals surface area contributed by atoms with E-state index in [-0.39, 0.29) is 11.3 Å². The van der Waals surface area contributed by atoms with Crippen molar-refractivity contribution >= 4 is 17.5 Å². The van der Waals surface area contributed by atoms with Crippen molar-refractivity contribution in [3.05, 3.63) is 27.9 Å². The lowest BCUT2D eigenvalue weighted by molar-refractivity contribution is -0.385. The summed E-state index contributed by atoms with van der Waals surface area (Å²) in [7, 11) is 0. The minimum Gasteiger partial charge on any atom is -0.478 e. The number of aromatic carboxylic acids is 1. The van der Waals surface area contributed by atoms with Crippen molar-refractivity contribution in [1.82, 2.24) is 9.88 Å². The second kappa shape index (κ2) is 5.28. The van der Waals surface area contributed by atoms with E-state index >= 15 is 0 Å². The molecule has 1 aliphatic carbocycles. The van der Waals surface area contributed by atoms with Gasteiger partial charge in [0.15, 0.2) is 0 Å². The third kappa shape index (κ3) is 2.80. The Balaban J connectivity index is 1.81. The predicted molar refractivity (Wildman–Crippen MR) is 74.7 cm³/mol. The summed E-state index contributed by atoms with van der Waals surface area (Å²) < 4.78 is 0. The Morgan fingerprint density at radius 3 is 2.52 bits per heavy atom. The van der Waals surface area contributed by atoms with Crippen LogP contribution >= 0.6 is 0 Å². The molecule has 1 N–H and O–H groups in total. The lowest BCUT2D eigenvalue weighted by atomic mass is 10.2. The lowest BCUT2D eigenvalue weighted by Gasteiger charge is -2.35. The summed E-state index contributed by atoms with van der Waals surface area (Å²) in [5, 5.41) is 20.0. The average Bonchev–Trinajstić information content (AvgIpc) is 3.31. The number of nitrogens with zero attached hydrogens (tertiary/aromatic N) is 4. The van der Waals surface area contributed by atoms with E-state index in [0.29, 0.717) is 24.9 Å². The van der Waals surface area contributed by atoms with Crippen molar-refractivity contribution < 1.29 is 14.8 Å². The molecule has 0 spiro atoms. The van der Waals surface area contributed by atoms with Crippen molar-refractivity contribution in [2.45, 2.75) is 18.9 Å². The van der Waals surface area contributed by atoms with Gasteiger partial charge in [-0.15, -0.1) is 0 Å². The van der Waals surface area contributed by atoms with Crippen LogP contribution in [0.1, 0.15) is 23.2 Å². The number of hydrogen-bond donors (Lipinski definition) is 1. The molecule has 1 aromatic heterocycles. The molecule has 2 fully saturated rings. The first kappa shape index (κ1) is 13.7. The zero-order chi connectivity index (χ0) is 15.0. The van der Waals surface area contributed by atoms with E-state index in [9.17, 15) is 20.0 Å². The third-order valence-corrected chi connectivity index (χ3v) is 3.97. The van der Waals surface area contributed by atoms with Gasteiger partial charge in [-0.05, 0) is 12.8 Å². The van der Waals surface area contributed by atoms with Crippen LogP contribution in [0.4, 0.5) is 11.5 Å². The highest BCUT2D eigenvalue weighted by atomic mass is 16.6. The molecular formula is C13H16N4O4. The Labute approximate surface area is 121 Å². The molecule has 8 nitrogen and oxygen atoms in total. The minimum atomic E-state index is -1.19. The number of anilines is 1. The maximum Gasteiger partial charge on any atom is 0.339 e. The fraction of sp³-hybridized carbons (Fsp3) is 0.538. The monoisotopic (exact) mass is 292 g/mol. The fourth-order valence-corrected chi connectivity index (χ4v) is 2.69. The van der Waals surface area contributed by atoms with E-state index in [4.69, 9.17) is 0 Å². The van der Waals surface area contributed by atoms with E-state index < -0.39 is 10.9 Å². The van der Waals surface area contributed by atoms with Gasteiger partial charge in [0, 0.05) is 38.3 Å². The summed E-state index contributed by atoms with van der Waals surface area (Å²) in [6, 6.07) is 1.77. The van der Waals surface area contributed by atoms with Crippen LogP contribution in [0.25, 0.3) is 0 Å². The molecule has 8 heteroatoms. The summed E-state index contributed by atoms with van der Waals surface area (Å²) in [5.41, 5.74) is -0.406. The van der Waals surface area contributed by atoms with E-state index in [1.807, 2.05) is 4.90 Å². The fourth-order valence-electron chi connectivity index (χ4n) is 2.69. The second-order valence-electron chi connectivity index (χ2n) is 5.38. The Morgan fingerprint density at radius 2 is 2.00 bits per heavy atom. The molecular weight excluding hydrogens is 276 g/mol. The molecule has 2 aliphatic rings. The maximum atomic E-state index is 11.3. The smallest absolute Gasteiger partial charge is 0.339 e. The van der Waals surface area contributed by atoms with Gasteiger partial charge < -0.3 is 10.0 Å². The first-order valence-corrected chi connectivity index (χ1v) is 6.93. The zero-order valence-electron chi connectivity index (χ0n) is 11.4. The number of piperazine rings is 1. The van der Waals surface area contributed by atoms with Crippen LogP contribution in [0.2, 0.25) is 0 Å². The van der Waals surface area contributed by atoms with Gasteiger partial charge >= 0.3 is 5.97 Å². The molecule has 0 amide bonds. The average molecular weight is 292 g/mol. The summed E-state index contributed by atoms with van der Waals surface area (Å²) in [4.78, 5) is 29.7. The largest absolute Gasteiger partial charge is 0.478 e. The van der Waals surface area contributed by atoms with Gasteiger partial charge in [-0.25, -0.2) is 9.78 Å². The molecule has 0 unspecified atom stereocenters. The summed E-state index contributed by atoms with van der Waals surface area (Å²) in [5.74, 6) is -0.866. The van der Waals surface area contributed by atoms with Crippen molar-refractivity contribution in [2.24, 2.45) is 0 Å². The van der Waals surface area contributed by atoms with Crippen LogP contribution in [0.3, 0.4) is 0 Å². The van der Waals surface area contributed by atoms with Crippen LogP contribution < -0.4 is 4.90 Å². The van der Waals surface area contributed by atoms with Gasteiger partial charge in [0.05, 0.1) is 4.92 Å². The van der Waals surface area contributed by atoms with Crippen molar-refractivity contribution in [3.8, 4) is 0 Å². The molecule has 1 saturated carbocycles. The molecule has 0 aromatic carbocycles. The molecule has 1 aliphatic heterocycles. The molecule has 0 atom stereocenters. The first-order valence-electron chi connectivity index (χ1n) is 6.93. The van der Waals surface area contributed by atoms with E-state index in [1.54, 1.807) is 0 Å². The quantitative estimate of drug-likeness (QED) is 0.652. The van der Waals surface area contributed by atoms with Crippen molar-refractivity contribution in [2.75, 3.05) is 31.1 Å². The standard InChI is InChI=1S/C13H16N4O4/c18-13(19)11-7-10(17(20)21)8-14-12(11)16-5-3-15(4-6-16)9-1-2-9/h7-9H,1-6H2,(H,18,19). The number of carboxylic acids is 1. The molecule has 3 rings (SSSR count). The summed E-state index contributed by atoms with van der Waals surface area (Å²) in [6.45, 7) is 3.15. The van der Waals surface area contributed by atoms with Gasteiger partial charge in [0.2, 0.25) is 0 Å². The molecule has 1 saturated heterocycles. The molecule has 1 aromatic rings. The molecule has 21 heavy (non-hydrogen) atoms. The number of nitro groups is 1. The van der Waals surface area contributed by atoms with E-state index in [1.165, 1.54) is 12.8 Å². The predicted octanol–water partition coefficient (Wildman–Crippen LogP) is 0.972. The van der Waals surface area contributed by atoms with Crippen LogP contribution in [0.15, 0.2) is 12.3 Å². The topological polar surface area (TPSA) is 99.8 Å². The third-order valence-electron chi connectivity index (χ3n) is 3.97. The van der Waals surface area contributed by atoms with Crippen LogP contribution in [0, 0.1) is 10.1 Å². The zero-order valence-corrected chi connectivity index (χ0v) is 11.4. The Hall–Kier alpha value is -2.22. The van der Waals surface area contributed by atoms with Crippen LogP contribution in [-0.2, 0) is 0 Å². The Kier molecular flexibility index (Phi) is 3.46. The second-order valence-corrected chi connectivity index (χ2v) is 5.38. The molecule has 0 bridgehead atoms. The van der Waals surface area contributed by atoms with Gasteiger partial charge in [-0.1, -0.05) is 0 Å². The first-order chi connectivity index (χ1) is 10.1. The van der Waals surface area contributed by atoms with Gasteiger partial charge in [-0.2, -0.15) is 0 Å². The minimum absolute atomic E-state index is 0.107. The number of pyridine rings is 1. The maximum absolute atomic E-state index is 11.3. The van der Waals surface area contributed by atoms with Crippen LogP contribution in [0.5, 0.6) is 0 Å². The Morgan fingerprint density at radius 1 is 1.33 bits per heavy atom. The highest BCUT2D eigenvalue weighted by Gasteiger charge is 2.32. The van der Waals surface area contributed by atoms with Crippen LogP contribution in [-0.4, -0.2) is 58.1 Å². The van der Waals surface area contributed by atoms with E-state index in [0.717, 1.165) is 25.4 Å². The normalized spacial score (nSPS) is 19.5. The SMILES string of the molecule is O=C(O)c1cc([N+](=O)[O-])cnc1N1CCN(C2CC2)CC1. The highest BCUT2D eigenvalue weighted by Crippen LogP contribution is 2.29. The lowest BCUT2D eigenvalue weighted by Crippen LogP contribution is -2.47. The number of carbonyl (C=O) groups is 1. The van der Waals surface area contributed by atoms with Gasteiger partial charge in [-0.3, -0.25) is 15.0 Å². The number of carboxylic acid groups (broad SMARTS) is 1. The number of rotatable bonds is 4. The Bertz CT molecular complexity index is 580. The molecule has 112 valence electrons. The highest BCUT2D eigenvalue weighted by molar-refractivity contribution is 5.94. The summed E-state index contributed by atoms with van der Waals surface area (Å²) in [6.07, 6.45) is 3.61. The number of hydrogen-bond acceptors (Lipinski definition) is 6. The van der Waals surface area contributed by atoms with E-state index in [2.05, 4.69) is 9.88 Å². The molecule has 0 radical (unpaired) electrons. The van der Waals surface area contributed by atoms with Crippen molar-refractivity contribution in [1.29, 1.82) is 0 Å². The number of aromatic nitrogens is 1. The van der Waals surface area contributed by atoms with Crippen molar-refractivity contribution in [3.63, 3.8) is 0 Å². The molecule has 2 heterocycles. The van der Waals surface area contributed by atoms with Gasteiger partial charge in [0.25, 0.3) is 5.69 Å². The summed E-state index contributed by atoms with van der Waals surface area (Å²) >= 11 is 0.